The largest absolute Gasteiger partial charge is 0.430 e. The summed E-state index contributed by atoms with van der Waals surface area (Å²) in [6.07, 6.45) is -11.2. The summed E-state index contributed by atoms with van der Waals surface area (Å²) in [4.78, 5) is 2.27. The average molecular weight is 491 g/mol. The molecule has 180 valence electrons. The highest BCUT2D eigenvalue weighted by molar-refractivity contribution is 7.86. The standard InChI is InChI=1S/C23H23F6NO2S/c1-2-16-9-15(10-30-11-20(12-30)13-33(32)14-20)3-8-19(16)17-4-6-18(7-5-17)21(31,22(24,25)26)23(27,28)29/h3-9,31H,2,10-14H2,1H3. The van der Waals surface area contributed by atoms with Gasteiger partial charge in [-0.05, 0) is 28.7 Å². The van der Waals surface area contributed by atoms with Gasteiger partial charge in [-0.25, -0.2) is 0 Å². The number of aliphatic hydroxyl groups is 1. The second-order valence-electron chi connectivity index (χ2n) is 9.00. The number of hydrogen-bond donors (Lipinski definition) is 1. The summed E-state index contributed by atoms with van der Waals surface area (Å²) in [5, 5.41) is 9.57. The van der Waals surface area contributed by atoms with Crippen molar-refractivity contribution < 1.29 is 35.7 Å². The number of likely N-dealkylation sites (tertiary alicyclic amines) is 1. The first-order valence-corrected chi connectivity index (χ1v) is 11.9. The molecule has 2 heterocycles. The first-order chi connectivity index (χ1) is 15.3. The van der Waals surface area contributed by atoms with E-state index >= 15 is 0 Å². The van der Waals surface area contributed by atoms with Crippen LogP contribution in [0.15, 0.2) is 42.5 Å². The maximum absolute atomic E-state index is 13.1. The van der Waals surface area contributed by atoms with E-state index in [2.05, 4.69) is 4.90 Å². The third kappa shape index (κ3) is 4.21. The van der Waals surface area contributed by atoms with Crippen molar-refractivity contribution >= 4 is 10.8 Å². The molecule has 0 saturated carbocycles. The van der Waals surface area contributed by atoms with Crippen LogP contribution in [-0.2, 0) is 29.4 Å². The van der Waals surface area contributed by atoms with E-state index in [1.54, 1.807) is 0 Å². The number of hydrogen-bond acceptors (Lipinski definition) is 3. The van der Waals surface area contributed by atoms with Gasteiger partial charge in [-0.2, -0.15) is 26.3 Å². The zero-order chi connectivity index (χ0) is 24.2. The normalized spacial score (nSPS) is 19.4. The second kappa shape index (κ2) is 8.09. The van der Waals surface area contributed by atoms with E-state index in [4.69, 9.17) is 0 Å². The highest BCUT2D eigenvalue weighted by atomic mass is 32.2. The van der Waals surface area contributed by atoms with Gasteiger partial charge >= 0.3 is 12.4 Å². The summed E-state index contributed by atoms with van der Waals surface area (Å²) in [5.41, 5.74) is -2.84. The van der Waals surface area contributed by atoms with Gasteiger partial charge in [0.2, 0.25) is 0 Å². The second-order valence-corrected chi connectivity index (χ2v) is 10.5. The molecule has 10 heteroatoms. The molecule has 2 aliphatic heterocycles. The molecule has 2 aliphatic rings. The van der Waals surface area contributed by atoms with Crippen molar-refractivity contribution in [1.29, 1.82) is 0 Å². The van der Waals surface area contributed by atoms with Crippen LogP contribution in [0.5, 0.6) is 0 Å². The molecule has 2 saturated heterocycles. The maximum atomic E-state index is 13.1. The quantitative estimate of drug-likeness (QED) is 0.612. The van der Waals surface area contributed by atoms with E-state index < -0.39 is 34.3 Å². The summed E-state index contributed by atoms with van der Waals surface area (Å²) >= 11 is 0. The van der Waals surface area contributed by atoms with Gasteiger partial charge in [0.05, 0.1) is 0 Å². The summed E-state index contributed by atoms with van der Waals surface area (Å²) < 4.78 is 90.1. The third-order valence-electron chi connectivity index (χ3n) is 6.44. The summed E-state index contributed by atoms with van der Waals surface area (Å²) in [6.45, 7) is 4.46. The minimum absolute atomic E-state index is 0.203. The topological polar surface area (TPSA) is 40.5 Å². The molecule has 3 nitrogen and oxygen atoms in total. The molecule has 0 amide bonds. The number of halogens is 6. The van der Waals surface area contributed by atoms with Crippen LogP contribution < -0.4 is 0 Å². The van der Waals surface area contributed by atoms with Crippen molar-refractivity contribution in [2.24, 2.45) is 5.41 Å². The number of rotatable bonds is 5. The summed E-state index contributed by atoms with van der Waals surface area (Å²) in [5.74, 6) is 1.52. The Hall–Kier alpha value is -1.91. The van der Waals surface area contributed by atoms with Gasteiger partial charge in [0.25, 0.3) is 5.60 Å². The first-order valence-electron chi connectivity index (χ1n) is 10.4. The minimum atomic E-state index is -5.91. The smallest absolute Gasteiger partial charge is 0.369 e. The van der Waals surface area contributed by atoms with Crippen LogP contribution in [-0.4, -0.2) is 51.2 Å². The van der Waals surface area contributed by atoms with E-state index in [-0.39, 0.29) is 5.41 Å². The molecule has 0 bridgehead atoms. The third-order valence-corrected chi connectivity index (χ3v) is 8.31. The van der Waals surface area contributed by atoms with Gasteiger partial charge in [-0.1, -0.05) is 49.4 Å². The van der Waals surface area contributed by atoms with Crippen LogP contribution >= 0.6 is 0 Å². The van der Waals surface area contributed by atoms with E-state index in [9.17, 15) is 35.7 Å². The molecule has 0 aromatic heterocycles. The number of nitrogens with zero attached hydrogens (tertiary/aromatic N) is 1. The van der Waals surface area contributed by atoms with Crippen LogP contribution in [0, 0.1) is 5.41 Å². The van der Waals surface area contributed by atoms with Gasteiger partial charge in [0, 0.05) is 52.9 Å². The lowest BCUT2D eigenvalue weighted by molar-refractivity contribution is -0.376. The van der Waals surface area contributed by atoms with Crippen molar-refractivity contribution in [3.05, 3.63) is 59.2 Å². The fourth-order valence-electron chi connectivity index (χ4n) is 4.79. The Balaban J connectivity index is 1.54. The fraction of sp³-hybridized carbons (Fsp3) is 0.478. The zero-order valence-corrected chi connectivity index (χ0v) is 18.6. The van der Waals surface area contributed by atoms with Gasteiger partial charge in [0.1, 0.15) is 0 Å². The van der Waals surface area contributed by atoms with E-state index in [0.717, 1.165) is 42.3 Å². The maximum Gasteiger partial charge on any atom is 0.430 e. The lowest BCUT2D eigenvalue weighted by atomic mass is 9.82. The predicted octanol–water partition coefficient (Wildman–Crippen LogP) is 4.79. The highest BCUT2D eigenvalue weighted by Crippen LogP contribution is 2.50. The van der Waals surface area contributed by atoms with E-state index in [0.29, 0.717) is 29.7 Å². The molecule has 0 aliphatic carbocycles. The minimum Gasteiger partial charge on any atom is -0.369 e. The zero-order valence-electron chi connectivity index (χ0n) is 17.8. The lowest BCUT2D eigenvalue weighted by Gasteiger charge is -2.55. The van der Waals surface area contributed by atoms with Gasteiger partial charge < -0.3 is 5.11 Å². The van der Waals surface area contributed by atoms with Crippen LogP contribution in [0.4, 0.5) is 26.3 Å². The molecule has 4 rings (SSSR count). The molecule has 2 aromatic carbocycles. The van der Waals surface area contributed by atoms with Crippen molar-refractivity contribution in [3.8, 4) is 11.1 Å². The monoisotopic (exact) mass is 491 g/mol. The number of benzene rings is 2. The molecule has 0 atom stereocenters. The Morgan fingerprint density at radius 2 is 1.55 bits per heavy atom. The predicted molar refractivity (Wildman–Crippen MR) is 113 cm³/mol. The van der Waals surface area contributed by atoms with E-state index in [1.165, 1.54) is 12.1 Å². The summed E-state index contributed by atoms with van der Waals surface area (Å²) in [6, 6.07) is 9.39. The van der Waals surface area contributed by atoms with Crippen LogP contribution in [0.3, 0.4) is 0 Å². The van der Waals surface area contributed by atoms with Crippen molar-refractivity contribution in [2.75, 3.05) is 24.6 Å². The molecular formula is C23H23F6NO2S. The first kappa shape index (κ1) is 24.2. The Kier molecular flexibility index (Phi) is 5.94. The molecular weight excluding hydrogens is 468 g/mol. The van der Waals surface area contributed by atoms with Crippen molar-refractivity contribution in [3.63, 3.8) is 0 Å². The van der Waals surface area contributed by atoms with E-state index in [1.807, 2.05) is 25.1 Å². The molecule has 33 heavy (non-hydrogen) atoms. The highest BCUT2D eigenvalue weighted by Gasteiger charge is 2.71. The van der Waals surface area contributed by atoms with Gasteiger partial charge in [-0.3, -0.25) is 9.11 Å². The Morgan fingerprint density at radius 1 is 0.970 bits per heavy atom. The van der Waals surface area contributed by atoms with Crippen LogP contribution in [0.25, 0.3) is 11.1 Å². The average Bonchev–Trinajstić information content (AvgIpc) is 2.69. The Bertz CT molecular complexity index is 1030. The molecule has 1 N–H and O–H groups in total. The van der Waals surface area contributed by atoms with Gasteiger partial charge in [0.15, 0.2) is 0 Å². The van der Waals surface area contributed by atoms with Crippen LogP contribution in [0.2, 0.25) is 0 Å². The molecule has 2 fully saturated rings. The van der Waals surface area contributed by atoms with Crippen LogP contribution in [0.1, 0.15) is 23.6 Å². The SMILES string of the molecule is CCc1cc(CN2CC3(C2)CS(=O)C3)ccc1-c1ccc(C(O)(C(F)(F)F)C(F)(F)F)cc1. The number of aryl methyl sites for hydroxylation is 1. The fourth-order valence-corrected chi connectivity index (χ4v) is 6.44. The van der Waals surface area contributed by atoms with Crippen molar-refractivity contribution in [2.45, 2.75) is 37.8 Å². The molecule has 2 aromatic rings. The lowest BCUT2D eigenvalue weighted by Crippen LogP contribution is -2.66. The van der Waals surface area contributed by atoms with Crippen molar-refractivity contribution in [1.82, 2.24) is 4.90 Å². The van der Waals surface area contributed by atoms with Gasteiger partial charge in [-0.15, -0.1) is 0 Å². The summed E-state index contributed by atoms with van der Waals surface area (Å²) in [7, 11) is -0.686. The molecule has 0 radical (unpaired) electrons. The molecule has 1 spiro atoms. The Morgan fingerprint density at radius 3 is 2.03 bits per heavy atom. The number of alkyl halides is 6. The Labute approximate surface area is 189 Å². The molecule has 0 unspecified atom stereocenters.